The van der Waals surface area contributed by atoms with Crippen molar-refractivity contribution in [3.8, 4) is 5.75 Å². The Kier molecular flexibility index (Phi) is 7.25. The molecule has 0 saturated heterocycles. The Hall–Kier alpha value is -3.51. The zero-order valence-corrected chi connectivity index (χ0v) is 18.4. The van der Waals surface area contributed by atoms with Crippen molar-refractivity contribution in [3.63, 3.8) is 0 Å². The lowest BCUT2D eigenvalue weighted by molar-refractivity contribution is 0.229. The monoisotopic (exact) mass is 428 g/mol. The smallest absolute Gasteiger partial charge is 0.250 e. The molecule has 0 aliphatic heterocycles. The summed E-state index contributed by atoms with van der Waals surface area (Å²) in [5.74, 6) is 0.824. The zero-order chi connectivity index (χ0) is 22.2. The molecule has 6 nitrogen and oxygen atoms in total. The van der Waals surface area contributed by atoms with E-state index < -0.39 is 0 Å². The van der Waals surface area contributed by atoms with Crippen LogP contribution in [-0.2, 0) is 20.0 Å². The third kappa shape index (κ3) is 5.80. The number of aryl methyl sites for hydroxylation is 1. The van der Waals surface area contributed by atoms with Crippen LogP contribution in [0.15, 0.2) is 84.2 Å². The van der Waals surface area contributed by atoms with Crippen molar-refractivity contribution in [2.24, 2.45) is 7.05 Å². The number of aromatic nitrogens is 3. The average molecular weight is 429 g/mol. The summed E-state index contributed by atoms with van der Waals surface area (Å²) in [5.41, 5.74) is 3.35. The molecule has 0 N–H and O–H groups in total. The summed E-state index contributed by atoms with van der Waals surface area (Å²) >= 11 is 0. The van der Waals surface area contributed by atoms with Gasteiger partial charge in [-0.3, -0.25) is 19.7 Å². The van der Waals surface area contributed by atoms with Gasteiger partial charge in [0, 0.05) is 62.9 Å². The highest BCUT2D eigenvalue weighted by Crippen LogP contribution is 2.19. The molecule has 0 aliphatic carbocycles. The first kappa shape index (κ1) is 21.7. The summed E-state index contributed by atoms with van der Waals surface area (Å²) in [5, 5.41) is 0.999. The number of fused-ring (bicyclic) bond motifs is 1. The van der Waals surface area contributed by atoms with Gasteiger partial charge in [-0.1, -0.05) is 12.1 Å². The van der Waals surface area contributed by atoms with Crippen LogP contribution < -0.4 is 10.3 Å². The van der Waals surface area contributed by atoms with E-state index in [4.69, 9.17) is 4.74 Å². The van der Waals surface area contributed by atoms with Crippen LogP contribution in [0.5, 0.6) is 5.75 Å². The molecule has 4 rings (SSSR count). The van der Waals surface area contributed by atoms with Crippen LogP contribution in [0, 0.1) is 0 Å². The Balaban J connectivity index is 1.33. The molecular formula is C26H28N4O2. The van der Waals surface area contributed by atoms with E-state index in [2.05, 4.69) is 27.0 Å². The average Bonchev–Trinajstić information content (AvgIpc) is 2.84. The topological polar surface area (TPSA) is 60.2 Å². The standard InChI is InChI=1S/C26H28N4O2/c1-29-25-9-8-24(17-23(25)7-10-26(29)31)32-16-4-14-30(20-22-6-3-13-28-19-22)15-11-21-5-2-12-27-18-21/h2-3,5-10,12-13,17-19H,4,11,14-16,20H2,1H3. The van der Waals surface area contributed by atoms with Gasteiger partial charge < -0.3 is 9.30 Å². The molecule has 0 aliphatic rings. The van der Waals surface area contributed by atoms with Gasteiger partial charge in [-0.25, -0.2) is 0 Å². The predicted octanol–water partition coefficient (Wildman–Crippen LogP) is 3.84. The van der Waals surface area contributed by atoms with Gasteiger partial charge in [-0.05, 0) is 60.4 Å². The largest absolute Gasteiger partial charge is 0.494 e. The molecule has 0 radical (unpaired) electrons. The zero-order valence-electron chi connectivity index (χ0n) is 18.4. The van der Waals surface area contributed by atoms with Crippen LogP contribution in [-0.4, -0.2) is 39.1 Å². The minimum atomic E-state index is -0.00819. The summed E-state index contributed by atoms with van der Waals surface area (Å²) in [6, 6.07) is 17.5. The third-order valence-electron chi connectivity index (χ3n) is 5.55. The molecule has 0 amide bonds. The quantitative estimate of drug-likeness (QED) is 0.359. The van der Waals surface area contributed by atoms with Gasteiger partial charge in [0.1, 0.15) is 5.75 Å². The molecule has 3 aromatic heterocycles. The van der Waals surface area contributed by atoms with E-state index >= 15 is 0 Å². The lowest BCUT2D eigenvalue weighted by Gasteiger charge is -2.22. The van der Waals surface area contributed by atoms with Gasteiger partial charge in [-0.15, -0.1) is 0 Å². The van der Waals surface area contributed by atoms with Gasteiger partial charge in [0.2, 0.25) is 0 Å². The lowest BCUT2D eigenvalue weighted by atomic mass is 10.2. The van der Waals surface area contributed by atoms with E-state index in [0.717, 1.165) is 49.1 Å². The summed E-state index contributed by atoms with van der Waals surface area (Å²) < 4.78 is 7.66. The number of hydrogen-bond acceptors (Lipinski definition) is 5. The van der Waals surface area contributed by atoms with E-state index in [-0.39, 0.29) is 5.56 Å². The molecule has 1 aromatic carbocycles. The number of rotatable bonds is 10. The molecule has 32 heavy (non-hydrogen) atoms. The van der Waals surface area contributed by atoms with Crippen molar-refractivity contribution < 1.29 is 4.74 Å². The Bertz CT molecular complexity index is 1190. The second kappa shape index (κ2) is 10.7. The molecule has 3 heterocycles. The molecule has 0 fully saturated rings. The number of ether oxygens (including phenoxy) is 1. The maximum atomic E-state index is 11.8. The Morgan fingerprint density at radius 3 is 2.47 bits per heavy atom. The molecule has 4 aromatic rings. The summed E-state index contributed by atoms with van der Waals surface area (Å²) in [4.78, 5) is 22.7. The molecule has 0 saturated carbocycles. The fraction of sp³-hybridized carbons (Fsp3) is 0.269. The molecule has 0 bridgehead atoms. The first-order chi connectivity index (χ1) is 15.7. The minimum absolute atomic E-state index is 0.00819. The molecule has 0 spiro atoms. The van der Waals surface area contributed by atoms with Crippen molar-refractivity contribution in [2.45, 2.75) is 19.4 Å². The van der Waals surface area contributed by atoms with Crippen molar-refractivity contribution >= 4 is 10.9 Å². The van der Waals surface area contributed by atoms with Crippen molar-refractivity contribution in [3.05, 3.63) is 101 Å². The van der Waals surface area contributed by atoms with Gasteiger partial charge in [-0.2, -0.15) is 0 Å². The van der Waals surface area contributed by atoms with Gasteiger partial charge >= 0.3 is 0 Å². The normalized spacial score (nSPS) is 11.2. The van der Waals surface area contributed by atoms with Crippen molar-refractivity contribution in [2.75, 3.05) is 19.7 Å². The van der Waals surface area contributed by atoms with Crippen LogP contribution in [0.2, 0.25) is 0 Å². The summed E-state index contributed by atoms with van der Waals surface area (Å²) in [6.45, 7) is 3.37. The summed E-state index contributed by atoms with van der Waals surface area (Å²) in [7, 11) is 1.79. The molecule has 0 unspecified atom stereocenters. The fourth-order valence-electron chi connectivity index (χ4n) is 3.78. The second-order valence-corrected chi connectivity index (χ2v) is 7.90. The van der Waals surface area contributed by atoms with Gasteiger partial charge in [0.15, 0.2) is 0 Å². The Morgan fingerprint density at radius 2 is 1.72 bits per heavy atom. The first-order valence-electron chi connectivity index (χ1n) is 10.9. The molecule has 6 heteroatoms. The van der Waals surface area contributed by atoms with Crippen LogP contribution in [0.25, 0.3) is 10.9 Å². The molecule has 164 valence electrons. The van der Waals surface area contributed by atoms with Gasteiger partial charge in [0.25, 0.3) is 5.56 Å². The van der Waals surface area contributed by atoms with E-state index in [0.29, 0.717) is 6.61 Å². The molecule has 0 atom stereocenters. The lowest BCUT2D eigenvalue weighted by Crippen LogP contribution is -2.28. The van der Waals surface area contributed by atoms with E-state index in [1.807, 2.05) is 48.8 Å². The number of pyridine rings is 3. The Labute approximate surface area is 188 Å². The van der Waals surface area contributed by atoms with Gasteiger partial charge in [0.05, 0.1) is 12.1 Å². The highest BCUT2D eigenvalue weighted by Gasteiger charge is 2.08. The highest BCUT2D eigenvalue weighted by atomic mass is 16.5. The van der Waals surface area contributed by atoms with Crippen LogP contribution in [0.1, 0.15) is 17.5 Å². The van der Waals surface area contributed by atoms with E-state index in [1.165, 1.54) is 11.1 Å². The Morgan fingerprint density at radius 1 is 0.938 bits per heavy atom. The van der Waals surface area contributed by atoms with E-state index in [9.17, 15) is 4.79 Å². The van der Waals surface area contributed by atoms with Crippen LogP contribution in [0.4, 0.5) is 0 Å². The predicted molar refractivity (Wildman–Crippen MR) is 127 cm³/mol. The SMILES string of the molecule is Cn1c(=O)ccc2cc(OCCCN(CCc3cccnc3)Cc3cccnc3)ccc21. The molecular weight excluding hydrogens is 400 g/mol. The fourth-order valence-corrected chi connectivity index (χ4v) is 3.78. The summed E-state index contributed by atoms with van der Waals surface area (Å²) in [6.07, 6.45) is 9.34. The van der Waals surface area contributed by atoms with Crippen molar-refractivity contribution in [1.29, 1.82) is 0 Å². The second-order valence-electron chi connectivity index (χ2n) is 7.90. The maximum Gasteiger partial charge on any atom is 0.250 e. The third-order valence-corrected chi connectivity index (χ3v) is 5.55. The number of nitrogens with zero attached hydrogens (tertiary/aromatic N) is 4. The maximum absolute atomic E-state index is 11.8. The number of benzene rings is 1. The highest BCUT2D eigenvalue weighted by molar-refractivity contribution is 5.80. The minimum Gasteiger partial charge on any atom is -0.494 e. The van der Waals surface area contributed by atoms with E-state index in [1.54, 1.807) is 30.1 Å². The number of hydrogen-bond donors (Lipinski definition) is 0. The van der Waals surface area contributed by atoms with Crippen LogP contribution in [0.3, 0.4) is 0 Å². The van der Waals surface area contributed by atoms with Crippen LogP contribution >= 0.6 is 0 Å². The van der Waals surface area contributed by atoms with Crippen molar-refractivity contribution in [1.82, 2.24) is 19.4 Å². The first-order valence-corrected chi connectivity index (χ1v) is 10.9.